The van der Waals surface area contributed by atoms with Crippen molar-refractivity contribution in [2.45, 2.75) is 25.0 Å². The van der Waals surface area contributed by atoms with Gasteiger partial charge in [-0.15, -0.1) is 0 Å². The molecule has 2 heterocycles. The van der Waals surface area contributed by atoms with E-state index in [0.29, 0.717) is 12.6 Å². The average Bonchev–Trinajstić information content (AvgIpc) is 2.85. The highest BCUT2D eigenvalue weighted by Crippen LogP contribution is 2.24. The SMILES string of the molecule is COC1CCN(C(CN)c2ccco2)CC1. The van der Waals surface area contributed by atoms with Gasteiger partial charge in [0.05, 0.1) is 18.4 Å². The van der Waals surface area contributed by atoms with E-state index in [0.717, 1.165) is 31.7 Å². The van der Waals surface area contributed by atoms with E-state index in [9.17, 15) is 0 Å². The molecule has 0 bridgehead atoms. The van der Waals surface area contributed by atoms with Crippen molar-refractivity contribution in [2.24, 2.45) is 5.73 Å². The van der Waals surface area contributed by atoms with Gasteiger partial charge in [-0.1, -0.05) is 0 Å². The van der Waals surface area contributed by atoms with Gasteiger partial charge < -0.3 is 14.9 Å². The number of nitrogens with zero attached hydrogens (tertiary/aromatic N) is 1. The third-order valence-electron chi connectivity index (χ3n) is 3.35. The zero-order valence-electron chi connectivity index (χ0n) is 9.76. The van der Waals surface area contributed by atoms with Gasteiger partial charge in [-0.3, -0.25) is 4.90 Å². The summed E-state index contributed by atoms with van der Waals surface area (Å²) in [6.45, 7) is 2.66. The van der Waals surface area contributed by atoms with Crippen LogP contribution in [-0.4, -0.2) is 37.7 Å². The van der Waals surface area contributed by atoms with Gasteiger partial charge in [0, 0.05) is 26.7 Å². The lowest BCUT2D eigenvalue weighted by Crippen LogP contribution is -2.41. The molecule has 1 aliphatic heterocycles. The first-order valence-corrected chi connectivity index (χ1v) is 5.85. The number of methoxy groups -OCH3 is 1. The van der Waals surface area contributed by atoms with Crippen molar-refractivity contribution in [2.75, 3.05) is 26.7 Å². The minimum absolute atomic E-state index is 0.216. The maximum absolute atomic E-state index is 5.83. The van der Waals surface area contributed by atoms with E-state index in [-0.39, 0.29) is 6.04 Å². The van der Waals surface area contributed by atoms with Gasteiger partial charge in [0.2, 0.25) is 0 Å². The van der Waals surface area contributed by atoms with Crippen LogP contribution in [0.4, 0.5) is 0 Å². The Labute approximate surface area is 96.4 Å². The van der Waals surface area contributed by atoms with Crippen molar-refractivity contribution in [3.8, 4) is 0 Å². The molecule has 1 unspecified atom stereocenters. The van der Waals surface area contributed by atoms with Crippen LogP contribution >= 0.6 is 0 Å². The Morgan fingerprint density at radius 3 is 2.81 bits per heavy atom. The Kier molecular flexibility index (Phi) is 3.98. The lowest BCUT2D eigenvalue weighted by Gasteiger charge is -2.35. The van der Waals surface area contributed by atoms with Crippen LogP contribution < -0.4 is 5.73 Å². The van der Waals surface area contributed by atoms with Crippen molar-refractivity contribution in [3.63, 3.8) is 0 Å². The second-order valence-electron chi connectivity index (χ2n) is 4.24. The van der Waals surface area contributed by atoms with E-state index in [2.05, 4.69) is 4.90 Å². The summed E-state index contributed by atoms with van der Waals surface area (Å²) < 4.78 is 10.8. The lowest BCUT2D eigenvalue weighted by atomic mass is 10.0. The number of rotatable bonds is 4. The van der Waals surface area contributed by atoms with Gasteiger partial charge in [0.15, 0.2) is 0 Å². The highest BCUT2D eigenvalue weighted by Gasteiger charge is 2.26. The van der Waals surface area contributed by atoms with Crippen molar-refractivity contribution < 1.29 is 9.15 Å². The highest BCUT2D eigenvalue weighted by molar-refractivity contribution is 5.05. The first-order valence-electron chi connectivity index (χ1n) is 5.85. The maximum Gasteiger partial charge on any atom is 0.122 e. The van der Waals surface area contributed by atoms with Gasteiger partial charge in [-0.2, -0.15) is 0 Å². The molecular weight excluding hydrogens is 204 g/mol. The summed E-state index contributed by atoms with van der Waals surface area (Å²) in [5.74, 6) is 0.971. The van der Waals surface area contributed by atoms with E-state index in [1.807, 2.05) is 12.1 Å². The van der Waals surface area contributed by atoms with Crippen LogP contribution in [0.5, 0.6) is 0 Å². The second kappa shape index (κ2) is 5.48. The molecule has 0 amide bonds. The Morgan fingerprint density at radius 2 is 2.31 bits per heavy atom. The summed E-state index contributed by atoms with van der Waals surface area (Å²) >= 11 is 0. The van der Waals surface area contributed by atoms with Gasteiger partial charge in [-0.05, 0) is 25.0 Å². The summed E-state index contributed by atoms with van der Waals surface area (Å²) in [4.78, 5) is 2.38. The number of hydrogen-bond donors (Lipinski definition) is 1. The molecule has 2 N–H and O–H groups in total. The third-order valence-corrected chi connectivity index (χ3v) is 3.35. The Morgan fingerprint density at radius 1 is 1.56 bits per heavy atom. The number of ether oxygens (including phenoxy) is 1. The number of piperidine rings is 1. The minimum atomic E-state index is 0.216. The first kappa shape index (κ1) is 11.6. The molecule has 1 atom stereocenters. The first-order chi connectivity index (χ1) is 7.85. The van der Waals surface area contributed by atoms with Crippen molar-refractivity contribution in [3.05, 3.63) is 24.2 Å². The second-order valence-corrected chi connectivity index (χ2v) is 4.24. The molecule has 16 heavy (non-hydrogen) atoms. The molecule has 1 aliphatic rings. The topological polar surface area (TPSA) is 51.6 Å². The molecule has 0 saturated carbocycles. The molecule has 1 aromatic rings. The van der Waals surface area contributed by atoms with E-state index >= 15 is 0 Å². The number of furan rings is 1. The monoisotopic (exact) mass is 224 g/mol. The molecule has 4 nitrogen and oxygen atoms in total. The summed E-state index contributed by atoms with van der Waals surface area (Å²) in [6, 6.07) is 4.13. The molecule has 4 heteroatoms. The number of likely N-dealkylation sites (tertiary alicyclic amines) is 1. The molecule has 1 fully saturated rings. The van der Waals surface area contributed by atoms with Crippen molar-refractivity contribution in [1.82, 2.24) is 4.90 Å². The normalized spacial score (nSPS) is 21.1. The minimum Gasteiger partial charge on any atom is -0.468 e. The smallest absolute Gasteiger partial charge is 0.122 e. The largest absolute Gasteiger partial charge is 0.468 e. The van der Waals surface area contributed by atoms with Gasteiger partial charge in [0.1, 0.15) is 5.76 Å². The maximum atomic E-state index is 5.83. The predicted octanol–water partition coefficient (Wildman–Crippen LogP) is 1.39. The molecule has 0 radical (unpaired) electrons. The van der Waals surface area contributed by atoms with Gasteiger partial charge in [-0.25, -0.2) is 0 Å². The molecule has 1 aromatic heterocycles. The fourth-order valence-corrected chi connectivity index (χ4v) is 2.35. The standard InChI is InChI=1S/C12H20N2O2/c1-15-10-4-6-14(7-5-10)11(9-13)12-3-2-8-16-12/h2-3,8,10-11H,4-7,9,13H2,1H3. The Balaban J connectivity index is 1.96. The molecule has 2 rings (SSSR count). The predicted molar refractivity (Wildman–Crippen MR) is 62.1 cm³/mol. The van der Waals surface area contributed by atoms with Crippen molar-refractivity contribution in [1.29, 1.82) is 0 Å². The van der Waals surface area contributed by atoms with Crippen LogP contribution in [0.2, 0.25) is 0 Å². The fourth-order valence-electron chi connectivity index (χ4n) is 2.35. The van der Waals surface area contributed by atoms with Crippen molar-refractivity contribution >= 4 is 0 Å². The third kappa shape index (κ3) is 2.45. The van der Waals surface area contributed by atoms with Crippen LogP contribution in [0.3, 0.4) is 0 Å². The zero-order chi connectivity index (χ0) is 11.4. The van der Waals surface area contributed by atoms with Crippen LogP contribution in [0.1, 0.15) is 24.6 Å². The number of nitrogens with two attached hydrogens (primary N) is 1. The van der Waals surface area contributed by atoms with Crippen LogP contribution in [-0.2, 0) is 4.74 Å². The quantitative estimate of drug-likeness (QED) is 0.839. The Hall–Kier alpha value is -0.840. The zero-order valence-corrected chi connectivity index (χ0v) is 9.76. The molecule has 1 saturated heterocycles. The van der Waals surface area contributed by atoms with Crippen LogP contribution in [0.25, 0.3) is 0 Å². The fraction of sp³-hybridized carbons (Fsp3) is 0.667. The van der Waals surface area contributed by atoms with E-state index in [1.54, 1.807) is 13.4 Å². The van der Waals surface area contributed by atoms with Crippen LogP contribution in [0, 0.1) is 0 Å². The number of hydrogen-bond acceptors (Lipinski definition) is 4. The molecule has 90 valence electrons. The molecule has 0 aromatic carbocycles. The summed E-state index contributed by atoms with van der Waals surface area (Å²) in [5, 5.41) is 0. The van der Waals surface area contributed by atoms with Gasteiger partial charge >= 0.3 is 0 Å². The highest BCUT2D eigenvalue weighted by atomic mass is 16.5. The molecular formula is C12H20N2O2. The average molecular weight is 224 g/mol. The lowest BCUT2D eigenvalue weighted by molar-refractivity contribution is 0.0248. The summed E-state index contributed by atoms with van der Waals surface area (Å²) in [5.41, 5.74) is 5.83. The summed E-state index contributed by atoms with van der Waals surface area (Å²) in [6.07, 6.45) is 4.27. The molecule has 0 spiro atoms. The van der Waals surface area contributed by atoms with E-state index in [1.165, 1.54) is 0 Å². The van der Waals surface area contributed by atoms with E-state index < -0.39 is 0 Å². The van der Waals surface area contributed by atoms with Crippen LogP contribution in [0.15, 0.2) is 22.8 Å². The molecule has 0 aliphatic carbocycles. The van der Waals surface area contributed by atoms with E-state index in [4.69, 9.17) is 14.9 Å². The van der Waals surface area contributed by atoms with Gasteiger partial charge in [0.25, 0.3) is 0 Å². The summed E-state index contributed by atoms with van der Waals surface area (Å²) in [7, 11) is 1.78. The Bertz CT molecular complexity index is 292.